The summed E-state index contributed by atoms with van der Waals surface area (Å²) in [5.74, 6) is 0.542. The maximum absolute atomic E-state index is 14.6. The molecule has 4 rings (SSSR count). The molecule has 2 aromatic rings. The van der Waals surface area contributed by atoms with Crippen LogP contribution in [0.4, 0.5) is 8.78 Å². The zero-order valence-electron chi connectivity index (χ0n) is 18.8. The minimum atomic E-state index is -0.916. The van der Waals surface area contributed by atoms with Crippen LogP contribution in [0.1, 0.15) is 70.8 Å². The van der Waals surface area contributed by atoms with Crippen LogP contribution in [0.25, 0.3) is 16.7 Å². The van der Waals surface area contributed by atoms with E-state index < -0.39 is 11.6 Å². The highest BCUT2D eigenvalue weighted by Gasteiger charge is 2.40. The first-order valence-corrected chi connectivity index (χ1v) is 12.1. The van der Waals surface area contributed by atoms with Crippen LogP contribution in [0.15, 0.2) is 42.5 Å². The number of hydrogen-bond acceptors (Lipinski definition) is 1. The lowest BCUT2D eigenvalue weighted by Gasteiger charge is -2.20. The summed E-state index contributed by atoms with van der Waals surface area (Å²) in [5, 5.41) is 0. The van der Waals surface area contributed by atoms with Gasteiger partial charge < -0.3 is 4.74 Å². The van der Waals surface area contributed by atoms with Gasteiger partial charge in [0.05, 0.1) is 6.61 Å². The molecule has 1 fully saturated rings. The highest BCUT2D eigenvalue weighted by Crippen LogP contribution is 2.52. The zero-order chi connectivity index (χ0) is 21.8. The van der Waals surface area contributed by atoms with Crippen LogP contribution in [0, 0.1) is 29.4 Å². The fourth-order valence-corrected chi connectivity index (χ4v) is 5.70. The highest BCUT2D eigenvalue weighted by atomic mass is 19.2. The van der Waals surface area contributed by atoms with Gasteiger partial charge in [-0.2, -0.15) is 4.39 Å². The Hall–Kier alpha value is -2.16. The molecule has 3 atom stereocenters. The van der Waals surface area contributed by atoms with E-state index in [9.17, 15) is 8.78 Å². The average Bonchev–Trinajstić information content (AvgIpc) is 3.38. The van der Waals surface area contributed by atoms with Gasteiger partial charge in [0.15, 0.2) is 11.6 Å². The van der Waals surface area contributed by atoms with Crippen molar-refractivity contribution in [2.45, 2.75) is 65.2 Å². The largest absolute Gasteiger partial charge is 0.491 e. The summed E-state index contributed by atoms with van der Waals surface area (Å²) in [6.07, 6.45) is 13.0. The smallest absolute Gasteiger partial charge is 0.201 e. The van der Waals surface area contributed by atoms with Gasteiger partial charge in [-0.25, -0.2) is 4.39 Å². The predicted octanol–water partition coefficient (Wildman–Crippen LogP) is 8.43. The first kappa shape index (κ1) is 22.0. The molecule has 2 aromatic carbocycles. The van der Waals surface area contributed by atoms with Crippen LogP contribution in [0.3, 0.4) is 0 Å². The lowest BCUT2D eigenvalue weighted by Crippen LogP contribution is -2.11. The fraction of sp³-hybridized carbons (Fsp3) is 0.500. The van der Waals surface area contributed by atoms with Crippen molar-refractivity contribution in [3.05, 3.63) is 59.7 Å². The Kier molecular flexibility index (Phi) is 7.09. The van der Waals surface area contributed by atoms with Crippen molar-refractivity contribution in [2.75, 3.05) is 6.61 Å². The number of ether oxygens (including phenoxy) is 1. The summed E-state index contributed by atoms with van der Waals surface area (Å²) in [4.78, 5) is 0. The molecule has 0 amide bonds. The molecule has 0 N–H and O–H groups in total. The van der Waals surface area contributed by atoms with E-state index in [1.54, 1.807) is 13.0 Å². The van der Waals surface area contributed by atoms with Crippen molar-refractivity contribution >= 4 is 5.57 Å². The molecule has 0 heterocycles. The number of halogens is 2. The third kappa shape index (κ3) is 4.56. The van der Waals surface area contributed by atoms with Crippen molar-refractivity contribution < 1.29 is 13.5 Å². The molecule has 0 aromatic heterocycles. The Morgan fingerprint density at radius 2 is 1.65 bits per heavy atom. The Morgan fingerprint density at radius 3 is 2.39 bits per heavy atom. The molecule has 3 unspecified atom stereocenters. The van der Waals surface area contributed by atoms with Crippen molar-refractivity contribution in [3.63, 3.8) is 0 Å². The number of benzene rings is 2. The van der Waals surface area contributed by atoms with Crippen molar-refractivity contribution in [3.8, 4) is 16.9 Å². The highest BCUT2D eigenvalue weighted by molar-refractivity contribution is 5.73. The fourth-order valence-electron chi connectivity index (χ4n) is 5.70. The van der Waals surface area contributed by atoms with E-state index in [1.165, 1.54) is 68.6 Å². The van der Waals surface area contributed by atoms with Crippen LogP contribution in [0.2, 0.25) is 0 Å². The maximum atomic E-state index is 14.6. The minimum Gasteiger partial charge on any atom is -0.491 e. The summed E-state index contributed by atoms with van der Waals surface area (Å²) in [6.45, 7) is 4.33. The third-order valence-electron chi connectivity index (χ3n) is 7.28. The summed E-state index contributed by atoms with van der Waals surface area (Å²) >= 11 is 0. The van der Waals surface area contributed by atoms with E-state index in [-0.39, 0.29) is 11.3 Å². The quantitative estimate of drug-likeness (QED) is 0.367. The minimum absolute atomic E-state index is 0.0343. The van der Waals surface area contributed by atoms with Crippen molar-refractivity contribution in [1.82, 2.24) is 0 Å². The first-order valence-electron chi connectivity index (χ1n) is 12.1. The summed E-state index contributed by atoms with van der Waals surface area (Å²) in [7, 11) is 0. The standard InChI is InChI=1S/C28H34F2O/c1-3-5-6-7-8-19-13-14-25-22(19)15-16-23(25)20-9-11-21(12-10-20)24-17-18-26(31-4-2)28(30)27(24)29/h9-12,16-19,22,25H,3-8,13-15H2,1-2H3. The maximum Gasteiger partial charge on any atom is 0.201 e. The molecule has 0 radical (unpaired) electrons. The van der Waals surface area contributed by atoms with E-state index in [2.05, 4.69) is 25.1 Å². The Labute approximate surface area is 185 Å². The molecule has 2 aliphatic rings. The van der Waals surface area contributed by atoms with Gasteiger partial charge >= 0.3 is 0 Å². The van der Waals surface area contributed by atoms with Gasteiger partial charge in [0.1, 0.15) is 0 Å². The van der Waals surface area contributed by atoms with Crippen LogP contribution < -0.4 is 4.74 Å². The van der Waals surface area contributed by atoms with Crippen molar-refractivity contribution in [2.24, 2.45) is 17.8 Å². The molecule has 1 nitrogen and oxygen atoms in total. The molecular formula is C28H34F2O. The lowest BCUT2D eigenvalue weighted by molar-refractivity contribution is 0.314. The van der Waals surface area contributed by atoms with Crippen LogP contribution >= 0.6 is 0 Å². The van der Waals surface area contributed by atoms with Gasteiger partial charge in [0, 0.05) is 5.56 Å². The van der Waals surface area contributed by atoms with E-state index in [1.807, 2.05) is 12.1 Å². The Morgan fingerprint density at radius 1 is 0.871 bits per heavy atom. The second kappa shape index (κ2) is 9.97. The summed E-state index contributed by atoms with van der Waals surface area (Å²) in [5.41, 5.74) is 3.66. The second-order valence-corrected chi connectivity index (χ2v) is 9.10. The van der Waals surface area contributed by atoms with Crippen molar-refractivity contribution in [1.29, 1.82) is 0 Å². The van der Waals surface area contributed by atoms with Gasteiger partial charge in [-0.05, 0) is 72.8 Å². The van der Waals surface area contributed by atoms with Crippen LogP contribution in [0.5, 0.6) is 5.75 Å². The van der Waals surface area contributed by atoms with Gasteiger partial charge in [0.25, 0.3) is 0 Å². The van der Waals surface area contributed by atoms with E-state index in [4.69, 9.17) is 4.74 Å². The molecule has 31 heavy (non-hydrogen) atoms. The molecule has 0 spiro atoms. The Balaban J connectivity index is 1.44. The molecule has 166 valence electrons. The van der Waals surface area contributed by atoms with Gasteiger partial charge in [0.2, 0.25) is 5.82 Å². The van der Waals surface area contributed by atoms with E-state index in [0.29, 0.717) is 18.1 Å². The molecule has 0 saturated heterocycles. The molecule has 3 heteroatoms. The normalized spacial score (nSPS) is 22.5. The predicted molar refractivity (Wildman–Crippen MR) is 124 cm³/mol. The number of allylic oxidation sites excluding steroid dienone is 2. The number of rotatable bonds is 9. The van der Waals surface area contributed by atoms with Gasteiger partial charge in [-0.3, -0.25) is 0 Å². The second-order valence-electron chi connectivity index (χ2n) is 9.10. The molecule has 2 aliphatic carbocycles. The summed E-state index contributed by atoms with van der Waals surface area (Å²) in [6, 6.07) is 11.1. The number of fused-ring (bicyclic) bond motifs is 1. The first-order chi connectivity index (χ1) is 15.1. The average molecular weight is 425 g/mol. The summed E-state index contributed by atoms with van der Waals surface area (Å²) < 4.78 is 34.0. The van der Waals surface area contributed by atoms with E-state index in [0.717, 1.165) is 11.8 Å². The van der Waals surface area contributed by atoms with Gasteiger partial charge in [-0.1, -0.05) is 69.4 Å². The lowest BCUT2D eigenvalue weighted by atomic mass is 9.84. The topological polar surface area (TPSA) is 9.23 Å². The number of unbranched alkanes of at least 4 members (excludes halogenated alkanes) is 3. The SMILES string of the molecule is CCCCCCC1CCC2C(c3ccc(-c4ccc(OCC)c(F)c4F)cc3)=CCC12. The third-order valence-corrected chi connectivity index (χ3v) is 7.28. The van der Waals surface area contributed by atoms with Crippen LogP contribution in [-0.4, -0.2) is 6.61 Å². The molecule has 0 bridgehead atoms. The van der Waals surface area contributed by atoms with Crippen LogP contribution in [-0.2, 0) is 0 Å². The Bertz CT molecular complexity index is 915. The molecule has 0 aliphatic heterocycles. The molecular weight excluding hydrogens is 390 g/mol. The van der Waals surface area contributed by atoms with E-state index >= 15 is 0 Å². The van der Waals surface area contributed by atoms with Gasteiger partial charge in [-0.15, -0.1) is 0 Å². The monoisotopic (exact) mass is 424 g/mol. The zero-order valence-corrected chi connectivity index (χ0v) is 18.8. The number of hydrogen-bond donors (Lipinski definition) is 0. The molecule has 1 saturated carbocycles.